The molecule has 0 aliphatic carbocycles. The van der Waals surface area contributed by atoms with Crippen LogP contribution in [0.4, 0.5) is 0 Å². The third-order valence-corrected chi connectivity index (χ3v) is 5.23. The van der Waals surface area contributed by atoms with E-state index in [2.05, 4.69) is 23.2 Å². The lowest BCUT2D eigenvalue weighted by atomic mass is 9.89. The molecule has 1 atom stereocenters. The van der Waals surface area contributed by atoms with Gasteiger partial charge in [0.05, 0.1) is 0 Å². The van der Waals surface area contributed by atoms with E-state index < -0.39 is 0 Å². The normalized spacial score (nSPS) is 21.9. The van der Waals surface area contributed by atoms with Gasteiger partial charge >= 0.3 is 0 Å². The minimum atomic E-state index is 0.474. The van der Waals surface area contributed by atoms with E-state index in [-0.39, 0.29) is 0 Å². The first-order chi connectivity index (χ1) is 10.7. The molecule has 0 aromatic heterocycles. The van der Waals surface area contributed by atoms with Gasteiger partial charge < -0.3 is 10.1 Å². The molecule has 0 saturated carbocycles. The maximum Gasteiger partial charge on any atom is 0.124 e. The predicted octanol–water partition coefficient (Wildman–Crippen LogP) is 3.67. The highest BCUT2D eigenvalue weighted by Gasteiger charge is 2.22. The number of halogens is 1. The number of likely N-dealkylation sites (tertiary alicyclic amines) is 1. The van der Waals surface area contributed by atoms with Crippen molar-refractivity contribution in [2.24, 2.45) is 0 Å². The minimum absolute atomic E-state index is 0.474. The van der Waals surface area contributed by atoms with Crippen LogP contribution in [0.3, 0.4) is 0 Å². The zero-order chi connectivity index (χ0) is 15.4. The molecular formula is C18H27ClN2O. The fraction of sp³-hybridized carbons (Fsp3) is 0.667. The Balaban J connectivity index is 1.67. The van der Waals surface area contributed by atoms with Crippen LogP contribution in [0.25, 0.3) is 0 Å². The molecule has 122 valence electrons. The first-order valence-corrected chi connectivity index (χ1v) is 8.99. The van der Waals surface area contributed by atoms with Crippen molar-refractivity contribution in [2.45, 2.75) is 44.6 Å². The Labute approximate surface area is 139 Å². The quantitative estimate of drug-likeness (QED) is 0.895. The van der Waals surface area contributed by atoms with Crippen LogP contribution in [0.2, 0.25) is 5.02 Å². The third-order valence-electron chi connectivity index (χ3n) is 5.00. The lowest BCUT2D eigenvalue weighted by Crippen LogP contribution is -2.35. The smallest absolute Gasteiger partial charge is 0.124 e. The van der Waals surface area contributed by atoms with Gasteiger partial charge in [0.15, 0.2) is 0 Å². The van der Waals surface area contributed by atoms with Gasteiger partial charge in [-0.1, -0.05) is 17.7 Å². The summed E-state index contributed by atoms with van der Waals surface area (Å²) in [6, 6.07) is 6.63. The summed E-state index contributed by atoms with van der Waals surface area (Å²) >= 11 is 6.20. The molecule has 1 unspecified atom stereocenters. The van der Waals surface area contributed by atoms with Crippen molar-refractivity contribution in [1.29, 1.82) is 0 Å². The second kappa shape index (κ2) is 7.67. The average molecular weight is 323 g/mol. The van der Waals surface area contributed by atoms with Crippen molar-refractivity contribution in [1.82, 2.24) is 10.2 Å². The van der Waals surface area contributed by atoms with Crippen molar-refractivity contribution in [2.75, 3.05) is 32.8 Å². The monoisotopic (exact) mass is 322 g/mol. The van der Waals surface area contributed by atoms with Crippen LogP contribution >= 0.6 is 11.6 Å². The SMILES string of the molecule is CC(COc1cc(Cl)ccc1C1CCNCC1)N1CCCC1. The summed E-state index contributed by atoms with van der Waals surface area (Å²) in [6.07, 6.45) is 5.00. The third kappa shape index (κ3) is 3.95. The van der Waals surface area contributed by atoms with Gasteiger partial charge in [0, 0.05) is 11.1 Å². The number of rotatable bonds is 5. The van der Waals surface area contributed by atoms with E-state index in [1.54, 1.807) is 0 Å². The van der Waals surface area contributed by atoms with Gasteiger partial charge in [0.1, 0.15) is 12.4 Å². The highest BCUT2D eigenvalue weighted by atomic mass is 35.5. The van der Waals surface area contributed by atoms with Gasteiger partial charge in [-0.05, 0) is 82.4 Å². The summed E-state index contributed by atoms with van der Waals surface area (Å²) in [5, 5.41) is 4.19. The van der Waals surface area contributed by atoms with E-state index in [1.807, 2.05) is 12.1 Å². The van der Waals surface area contributed by atoms with E-state index in [0.717, 1.165) is 30.5 Å². The van der Waals surface area contributed by atoms with Crippen LogP contribution in [-0.2, 0) is 0 Å². The van der Waals surface area contributed by atoms with Crippen molar-refractivity contribution in [3.8, 4) is 5.75 Å². The maximum absolute atomic E-state index is 6.20. The number of piperidine rings is 1. The largest absolute Gasteiger partial charge is 0.492 e. The molecule has 0 amide bonds. The molecular weight excluding hydrogens is 296 g/mol. The first kappa shape index (κ1) is 16.1. The number of hydrogen-bond acceptors (Lipinski definition) is 3. The molecule has 3 nitrogen and oxygen atoms in total. The molecule has 2 aliphatic rings. The Morgan fingerprint density at radius 2 is 2.00 bits per heavy atom. The number of hydrogen-bond donors (Lipinski definition) is 1. The Bertz CT molecular complexity index is 482. The van der Waals surface area contributed by atoms with Crippen molar-refractivity contribution >= 4 is 11.6 Å². The molecule has 3 rings (SSSR count). The van der Waals surface area contributed by atoms with E-state index in [9.17, 15) is 0 Å². The highest BCUT2D eigenvalue weighted by molar-refractivity contribution is 6.30. The number of nitrogens with one attached hydrogen (secondary N) is 1. The first-order valence-electron chi connectivity index (χ1n) is 8.61. The molecule has 4 heteroatoms. The molecule has 2 fully saturated rings. The lowest BCUT2D eigenvalue weighted by molar-refractivity contribution is 0.171. The van der Waals surface area contributed by atoms with Gasteiger partial charge in [-0.2, -0.15) is 0 Å². The second-order valence-electron chi connectivity index (χ2n) is 6.61. The van der Waals surface area contributed by atoms with Crippen molar-refractivity contribution in [3.63, 3.8) is 0 Å². The standard InChI is InChI=1S/C18H27ClN2O/c1-14(21-10-2-3-11-21)13-22-18-12-16(19)4-5-17(18)15-6-8-20-9-7-15/h4-5,12,14-15,20H,2-3,6-11,13H2,1H3. The van der Waals surface area contributed by atoms with Crippen molar-refractivity contribution in [3.05, 3.63) is 28.8 Å². The molecule has 0 bridgehead atoms. The molecule has 2 heterocycles. The molecule has 22 heavy (non-hydrogen) atoms. The molecule has 1 aromatic rings. The van der Waals surface area contributed by atoms with Crippen LogP contribution in [0, 0.1) is 0 Å². The Kier molecular flexibility index (Phi) is 5.61. The maximum atomic E-state index is 6.20. The summed E-state index contributed by atoms with van der Waals surface area (Å²) in [5.41, 5.74) is 1.33. The van der Waals surface area contributed by atoms with Gasteiger partial charge in [-0.3, -0.25) is 4.90 Å². The Morgan fingerprint density at radius 3 is 2.73 bits per heavy atom. The van der Waals surface area contributed by atoms with Crippen LogP contribution in [-0.4, -0.2) is 43.7 Å². The van der Waals surface area contributed by atoms with Crippen LogP contribution in [0.15, 0.2) is 18.2 Å². The summed E-state index contributed by atoms with van der Waals surface area (Å²) in [5.74, 6) is 1.58. The summed E-state index contributed by atoms with van der Waals surface area (Å²) in [6.45, 7) is 7.62. The van der Waals surface area contributed by atoms with Crippen LogP contribution in [0.1, 0.15) is 44.1 Å². The number of ether oxygens (including phenoxy) is 1. The van der Waals surface area contributed by atoms with E-state index in [0.29, 0.717) is 12.0 Å². The molecule has 1 aromatic carbocycles. The zero-order valence-corrected chi connectivity index (χ0v) is 14.2. The Hall–Kier alpha value is -0.770. The van der Waals surface area contributed by atoms with Crippen LogP contribution < -0.4 is 10.1 Å². The lowest BCUT2D eigenvalue weighted by Gasteiger charge is -2.27. The second-order valence-corrected chi connectivity index (χ2v) is 7.05. The van der Waals surface area contributed by atoms with Gasteiger partial charge in [-0.15, -0.1) is 0 Å². The summed E-state index contributed by atoms with van der Waals surface area (Å²) in [4.78, 5) is 2.52. The minimum Gasteiger partial charge on any atom is -0.492 e. The fourth-order valence-electron chi connectivity index (χ4n) is 3.60. The van der Waals surface area contributed by atoms with E-state index >= 15 is 0 Å². The van der Waals surface area contributed by atoms with Crippen LogP contribution in [0.5, 0.6) is 5.75 Å². The summed E-state index contributed by atoms with van der Waals surface area (Å²) in [7, 11) is 0. The topological polar surface area (TPSA) is 24.5 Å². The van der Waals surface area contributed by atoms with Gasteiger partial charge in [-0.25, -0.2) is 0 Å². The van der Waals surface area contributed by atoms with Gasteiger partial charge in [0.2, 0.25) is 0 Å². The molecule has 0 radical (unpaired) electrons. The van der Waals surface area contributed by atoms with Gasteiger partial charge in [0.25, 0.3) is 0 Å². The Morgan fingerprint density at radius 1 is 1.27 bits per heavy atom. The van der Waals surface area contributed by atoms with E-state index in [1.165, 1.54) is 44.3 Å². The molecule has 2 aliphatic heterocycles. The number of benzene rings is 1. The summed E-state index contributed by atoms with van der Waals surface area (Å²) < 4.78 is 6.20. The molecule has 1 N–H and O–H groups in total. The molecule has 2 saturated heterocycles. The average Bonchev–Trinajstić information content (AvgIpc) is 3.08. The highest BCUT2D eigenvalue weighted by Crippen LogP contribution is 2.34. The molecule has 0 spiro atoms. The zero-order valence-electron chi connectivity index (χ0n) is 13.5. The predicted molar refractivity (Wildman–Crippen MR) is 92.1 cm³/mol. The number of nitrogens with zero attached hydrogens (tertiary/aromatic N) is 1. The fourth-order valence-corrected chi connectivity index (χ4v) is 3.76. The van der Waals surface area contributed by atoms with E-state index in [4.69, 9.17) is 16.3 Å². The van der Waals surface area contributed by atoms with Crippen molar-refractivity contribution < 1.29 is 4.74 Å².